The third-order valence-corrected chi connectivity index (χ3v) is 4.64. The number of amides is 1. The monoisotopic (exact) mass is 253 g/mol. The molecule has 2 saturated heterocycles. The van der Waals surface area contributed by atoms with Crippen LogP contribution in [-0.4, -0.2) is 61.0 Å². The highest BCUT2D eigenvalue weighted by Crippen LogP contribution is 2.32. The molecule has 1 amide bonds. The molecule has 2 bridgehead atoms. The molecule has 0 spiro atoms. The lowest BCUT2D eigenvalue weighted by Gasteiger charge is -2.47. The predicted octanol–water partition coefficient (Wildman–Crippen LogP) is 1.07. The van der Waals surface area contributed by atoms with E-state index in [9.17, 15) is 4.79 Å². The Morgan fingerprint density at radius 1 is 1.28 bits per heavy atom. The van der Waals surface area contributed by atoms with Crippen LogP contribution in [0.5, 0.6) is 0 Å². The number of hydrogen-bond donors (Lipinski definition) is 1. The van der Waals surface area contributed by atoms with Crippen LogP contribution in [0.2, 0.25) is 0 Å². The minimum absolute atomic E-state index is 0.0610. The molecule has 2 rings (SSSR count). The molecule has 104 valence electrons. The molecule has 2 aliphatic heterocycles. The smallest absolute Gasteiger partial charge is 0.238 e. The Morgan fingerprint density at radius 2 is 1.83 bits per heavy atom. The van der Waals surface area contributed by atoms with Gasteiger partial charge >= 0.3 is 0 Å². The van der Waals surface area contributed by atoms with Gasteiger partial charge in [-0.1, -0.05) is 6.42 Å². The van der Waals surface area contributed by atoms with Gasteiger partial charge in [-0.3, -0.25) is 4.79 Å². The van der Waals surface area contributed by atoms with E-state index in [-0.39, 0.29) is 11.9 Å². The summed E-state index contributed by atoms with van der Waals surface area (Å²) in [6.45, 7) is 1.98. The minimum atomic E-state index is -0.0610. The normalized spacial score (nSPS) is 34.1. The Balaban J connectivity index is 1.90. The maximum Gasteiger partial charge on any atom is 0.238 e. The van der Waals surface area contributed by atoms with Gasteiger partial charge in [0.25, 0.3) is 0 Å². The van der Waals surface area contributed by atoms with Crippen LogP contribution in [0.3, 0.4) is 0 Å². The van der Waals surface area contributed by atoms with Gasteiger partial charge in [0.2, 0.25) is 5.91 Å². The molecule has 3 atom stereocenters. The number of piperidine rings is 2. The zero-order valence-corrected chi connectivity index (χ0v) is 12.1. The average molecular weight is 253 g/mol. The highest BCUT2D eigenvalue weighted by atomic mass is 16.2. The molecular formula is C14H27N3O. The van der Waals surface area contributed by atoms with Crippen molar-refractivity contribution in [2.24, 2.45) is 0 Å². The second-order valence-corrected chi connectivity index (χ2v) is 6.19. The highest BCUT2D eigenvalue weighted by Gasteiger charge is 2.36. The molecule has 2 aliphatic rings. The van der Waals surface area contributed by atoms with Gasteiger partial charge in [0.05, 0.1) is 6.04 Å². The predicted molar refractivity (Wildman–Crippen MR) is 73.5 cm³/mol. The summed E-state index contributed by atoms with van der Waals surface area (Å²) in [5.41, 5.74) is 0. The van der Waals surface area contributed by atoms with Crippen LogP contribution in [0.1, 0.15) is 39.0 Å². The van der Waals surface area contributed by atoms with Crippen molar-refractivity contribution in [1.82, 2.24) is 15.1 Å². The summed E-state index contributed by atoms with van der Waals surface area (Å²) in [4.78, 5) is 16.1. The maximum atomic E-state index is 11.9. The van der Waals surface area contributed by atoms with E-state index in [0.717, 1.165) is 12.1 Å². The standard InChI is InChI=1S/C14H27N3O/c1-10(14(18)16(2)3)15-11-8-12-6-5-7-13(9-11)17(12)4/h10-13,15H,5-9H2,1-4H3. The van der Waals surface area contributed by atoms with E-state index in [1.807, 2.05) is 21.0 Å². The van der Waals surface area contributed by atoms with Crippen LogP contribution in [0.25, 0.3) is 0 Å². The van der Waals surface area contributed by atoms with Crippen molar-refractivity contribution in [3.05, 3.63) is 0 Å². The van der Waals surface area contributed by atoms with Gasteiger partial charge in [-0.2, -0.15) is 0 Å². The summed E-state index contributed by atoms with van der Waals surface area (Å²) in [7, 11) is 5.91. The van der Waals surface area contributed by atoms with E-state index in [4.69, 9.17) is 0 Å². The summed E-state index contributed by atoms with van der Waals surface area (Å²) in [6.07, 6.45) is 6.40. The molecule has 4 heteroatoms. The van der Waals surface area contributed by atoms with Crippen LogP contribution in [0, 0.1) is 0 Å². The second-order valence-electron chi connectivity index (χ2n) is 6.19. The molecule has 1 N–H and O–H groups in total. The lowest BCUT2D eigenvalue weighted by Crippen LogP contribution is -2.57. The van der Waals surface area contributed by atoms with Crippen molar-refractivity contribution in [1.29, 1.82) is 0 Å². The van der Waals surface area contributed by atoms with Gasteiger partial charge < -0.3 is 15.1 Å². The van der Waals surface area contributed by atoms with Crippen molar-refractivity contribution in [3.8, 4) is 0 Å². The largest absolute Gasteiger partial charge is 0.347 e. The number of fused-ring (bicyclic) bond motifs is 2. The third-order valence-electron chi connectivity index (χ3n) is 4.64. The molecule has 18 heavy (non-hydrogen) atoms. The van der Waals surface area contributed by atoms with Crippen molar-refractivity contribution >= 4 is 5.91 Å². The fourth-order valence-electron chi connectivity index (χ4n) is 3.56. The first kappa shape index (κ1) is 13.8. The molecule has 0 saturated carbocycles. The number of nitrogens with one attached hydrogen (secondary N) is 1. The van der Waals surface area contributed by atoms with E-state index < -0.39 is 0 Å². The quantitative estimate of drug-likeness (QED) is 0.817. The SMILES string of the molecule is CC(NC1CC2CCCC(C1)N2C)C(=O)N(C)C. The number of carbonyl (C=O) groups excluding carboxylic acids is 1. The van der Waals surface area contributed by atoms with Crippen LogP contribution in [-0.2, 0) is 4.79 Å². The van der Waals surface area contributed by atoms with Gasteiger partial charge in [0, 0.05) is 32.2 Å². The molecule has 3 unspecified atom stereocenters. The van der Waals surface area contributed by atoms with E-state index in [2.05, 4.69) is 17.3 Å². The van der Waals surface area contributed by atoms with Gasteiger partial charge in [-0.15, -0.1) is 0 Å². The molecular weight excluding hydrogens is 226 g/mol. The fourth-order valence-corrected chi connectivity index (χ4v) is 3.56. The van der Waals surface area contributed by atoms with Crippen LogP contribution in [0.15, 0.2) is 0 Å². The third kappa shape index (κ3) is 2.86. The topological polar surface area (TPSA) is 35.6 Å². The van der Waals surface area contributed by atoms with Gasteiger partial charge in [0.15, 0.2) is 0 Å². The highest BCUT2D eigenvalue weighted by molar-refractivity contribution is 5.80. The Bertz CT molecular complexity index is 291. The van der Waals surface area contributed by atoms with E-state index in [1.165, 1.54) is 32.1 Å². The zero-order chi connectivity index (χ0) is 13.3. The van der Waals surface area contributed by atoms with Crippen molar-refractivity contribution < 1.29 is 4.79 Å². The molecule has 2 heterocycles. The summed E-state index contributed by atoms with van der Waals surface area (Å²) in [5, 5.41) is 3.53. The first-order chi connectivity index (χ1) is 8.49. The van der Waals surface area contributed by atoms with E-state index in [0.29, 0.717) is 6.04 Å². The first-order valence-electron chi connectivity index (χ1n) is 7.18. The van der Waals surface area contributed by atoms with Crippen molar-refractivity contribution in [3.63, 3.8) is 0 Å². The Hall–Kier alpha value is -0.610. The summed E-state index contributed by atoms with van der Waals surface area (Å²) >= 11 is 0. The fraction of sp³-hybridized carbons (Fsp3) is 0.929. The Labute approximate surface area is 111 Å². The van der Waals surface area contributed by atoms with Gasteiger partial charge in [-0.05, 0) is 39.7 Å². The summed E-state index contributed by atoms with van der Waals surface area (Å²) in [6, 6.07) is 1.89. The van der Waals surface area contributed by atoms with Crippen molar-refractivity contribution in [2.75, 3.05) is 21.1 Å². The molecule has 0 aromatic rings. The zero-order valence-electron chi connectivity index (χ0n) is 12.1. The molecule has 2 fully saturated rings. The van der Waals surface area contributed by atoms with E-state index in [1.54, 1.807) is 4.90 Å². The summed E-state index contributed by atoms with van der Waals surface area (Å²) in [5.74, 6) is 0.180. The van der Waals surface area contributed by atoms with Crippen LogP contribution >= 0.6 is 0 Å². The number of likely N-dealkylation sites (N-methyl/N-ethyl adjacent to an activating group) is 1. The maximum absolute atomic E-state index is 11.9. The number of carbonyl (C=O) groups is 1. The van der Waals surface area contributed by atoms with Crippen molar-refractivity contribution in [2.45, 2.75) is 63.2 Å². The Morgan fingerprint density at radius 3 is 2.33 bits per heavy atom. The summed E-state index contributed by atoms with van der Waals surface area (Å²) < 4.78 is 0. The van der Waals surface area contributed by atoms with Crippen LogP contribution < -0.4 is 5.32 Å². The molecule has 0 aliphatic carbocycles. The molecule has 0 aromatic heterocycles. The van der Waals surface area contributed by atoms with Gasteiger partial charge in [-0.25, -0.2) is 0 Å². The lowest BCUT2D eigenvalue weighted by atomic mass is 9.82. The first-order valence-corrected chi connectivity index (χ1v) is 7.18. The minimum Gasteiger partial charge on any atom is -0.347 e. The number of hydrogen-bond acceptors (Lipinski definition) is 3. The average Bonchev–Trinajstić information content (AvgIpc) is 2.29. The second kappa shape index (κ2) is 5.57. The molecule has 0 radical (unpaired) electrons. The Kier molecular flexibility index (Phi) is 4.28. The van der Waals surface area contributed by atoms with Gasteiger partial charge in [0.1, 0.15) is 0 Å². The molecule has 0 aromatic carbocycles. The number of nitrogens with zero attached hydrogens (tertiary/aromatic N) is 2. The lowest BCUT2D eigenvalue weighted by molar-refractivity contribution is -0.130. The number of rotatable bonds is 3. The van der Waals surface area contributed by atoms with E-state index >= 15 is 0 Å². The van der Waals surface area contributed by atoms with Crippen LogP contribution in [0.4, 0.5) is 0 Å². The molecule has 4 nitrogen and oxygen atoms in total.